The summed E-state index contributed by atoms with van der Waals surface area (Å²) in [6.07, 6.45) is 0. The molecule has 0 amide bonds. The third-order valence-corrected chi connectivity index (χ3v) is 1.86. The maximum Gasteiger partial charge on any atom is 0.308 e. The van der Waals surface area contributed by atoms with E-state index in [1.54, 1.807) is 12.1 Å². The predicted octanol–water partition coefficient (Wildman–Crippen LogP) is 2.70. The minimum Gasteiger partial charge on any atom is -0.425 e. The third-order valence-electron chi connectivity index (χ3n) is 1.57. The van der Waals surface area contributed by atoms with Gasteiger partial charge in [-0.2, -0.15) is 0 Å². The topological polar surface area (TPSA) is 38.3 Å². The molecule has 0 aromatic heterocycles. The van der Waals surface area contributed by atoms with Gasteiger partial charge in [-0.15, -0.1) is 0 Å². The summed E-state index contributed by atoms with van der Waals surface area (Å²) in [6.45, 7) is 4.16. The van der Waals surface area contributed by atoms with Gasteiger partial charge in [0, 0.05) is 19.2 Å². The molecule has 0 heterocycles. The van der Waals surface area contributed by atoms with E-state index in [2.05, 4.69) is 5.32 Å². The van der Waals surface area contributed by atoms with E-state index >= 15 is 0 Å². The van der Waals surface area contributed by atoms with Gasteiger partial charge in [-0.1, -0.05) is 11.6 Å². The quantitative estimate of drug-likeness (QED) is 0.620. The van der Waals surface area contributed by atoms with Crippen molar-refractivity contribution < 1.29 is 9.53 Å². The monoisotopic (exact) mass is 213 g/mol. The Hall–Kier alpha value is -1.22. The van der Waals surface area contributed by atoms with Gasteiger partial charge >= 0.3 is 5.97 Å². The van der Waals surface area contributed by atoms with Crippen LogP contribution in [-0.4, -0.2) is 12.5 Å². The van der Waals surface area contributed by atoms with Crippen LogP contribution >= 0.6 is 11.6 Å². The second-order valence-electron chi connectivity index (χ2n) is 2.77. The van der Waals surface area contributed by atoms with Crippen molar-refractivity contribution in [1.82, 2.24) is 0 Å². The van der Waals surface area contributed by atoms with Crippen molar-refractivity contribution in [3.05, 3.63) is 23.2 Å². The number of nitrogens with one attached hydrogen (secondary N) is 1. The molecular weight excluding hydrogens is 202 g/mol. The molecule has 0 unspecified atom stereocenters. The molecule has 14 heavy (non-hydrogen) atoms. The fourth-order valence-electron chi connectivity index (χ4n) is 1.05. The maximum atomic E-state index is 10.7. The smallest absolute Gasteiger partial charge is 0.308 e. The molecule has 4 heteroatoms. The minimum atomic E-state index is -0.372. The van der Waals surface area contributed by atoms with Crippen LogP contribution < -0.4 is 10.1 Å². The van der Waals surface area contributed by atoms with E-state index in [9.17, 15) is 4.79 Å². The SMILES string of the molecule is CCNc1ccc(OC(C)=O)c(Cl)c1. The Morgan fingerprint density at radius 1 is 1.57 bits per heavy atom. The molecule has 76 valence electrons. The number of ether oxygens (including phenoxy) is 1. The first kappa shape index (κ1) is 10.9. The summed E-state index contributed by atoms with van der Waals surface area (Å²) in [6, 6.07) is 5.21. The lowest BCUT2D eigenvalue weighted by atomic mass is 10.3. The Labute approximate surface area is 88.0 Å². The highest BCUT2D eigenvalue weighted by Gasteiger charge is 2.04. The molecule has 1 aromatic carbocycles. The van der Waals surface area contributed by atoms with E-state index in [0.29, 0.717) is 10.8 Å². The largest absolute Gasteiger partial charge is 0.425 e. The van der Waals surface area contributed by atoms with Gasteiger partial charge in [0.2, 0.25) is 0 Å². The molecule has 1 aromatic rings. The molecule has 0 radical (unpaired) electrons. The van der Waals surface area contributed by atoms with Crippen LogP contribution in [0.25, 0.3) is 0 Å². The van der Waals surface area contributed by atoms with E-state index in [1.165, 1.54) is 6.92 Å². The number of anilines is 1. The fraction of sp³-hybridized carbons (Fsp3) is 0.300. The second-order valence-corrected chi connectivity index (χ2v) is 3.18. The van der Waals surface area contributed by atoms with Crippen molar-refractivity contribution in [2.45, 2.75) is 13.8 Å². The van der Waals surface area contributed by atoms with Gasteiger partial charge in [0.1, 0.15) is 5.75 Å². The first-order valence-corrected chi connectivity index (χ1v) is 4.73. The number of hydrogen-bond donors (Lipinski definition) is 1. The zero-order valence-corrected chi connectivity index (χ0v) is 8.89. The zero-order chi connectivity index (χ0) is 10.6. The molecule has 0 aliphatic rings. The van der Waals surface area contributed by atoms with Gasteiger partial charge in [-0.3, -0.25) is 4.79 Å². The molecule has 0 saturated carbocycles. The number of benzene rings is 1. The molecule has 1 N–H and O–H groups in total. The van der Waals surface area contributed by atoms with Crippen molar-refractivity contribution in [3.8, 4) is 5.75 Å². The number of rotatable bonds is 3. The third kappa shape index (κ3) is 2.92. The Balaban J connectivity index is 2.84. The average Bonchev–Trinajstić information content (AvgIpc) is 2.10. The summed E-state index contributed by atoms with van der Waals surface area (Å²) in [5.41, 5.74) is 0.911. The Kier molecular flexibility index (Phi) is 3.77. The van der Waals surface area contributed by atoms with E-state index < -0.39 is 0 Å². The van der Waals surface area contributed by atoms with Crippen LogP contribution in [0.15, 0.2) is 18.2 Å². The van der Waals surface area contributed by atoms with Crippen LogP contribution in [0.3, 0.4) is 0 Å². The van der Waals surface area contributed by atoms with Gasteiger partial charge in [0.15, 0.2) is 0 Å². The molecule has 3 nitrogen and oxygen atoms in total. The lowest BCUT2D eigenvalue weighted by Crippen LogP contribution is -2.02. The minimum absolute atomic E-state index is 0.372. The van der Waals surface area contributed by atoms with Crippen LogP contribution in [0, 0.1) is 0 Å². The van der Waals surface area contributed by atoms with Crippen LogP contribution in [0.1, 0.15) is 13.8 Å². The predicted molar refractivity (Wildman–Crippen MR) is 56.9 cm³/mol. The highest BCUT2D eigenvalue weighted by molar-refractivity contribution is 6.32. The van der Waals surface area contributed by atoms with E-state index in [0.717, 1.165) is 12.2 Å². The zero-order valence-electron chi connectivity index (χ0n) is 8.13. The Bertz CT molecular complexity index is 339. The molecule has 0 bridgehead atoms. The number of halogens is 1. The molecule has 0 fully saturated rings. The van der Waals surface area contributed by atoms with Gasteiger partial charge < -0.3 is 10.1 Å². The van der Waals surface area contributed by atoms with Gasteiger partial charge in [-0.05, 0) is 25.1 Å². The molecule has 0 aliphatic carbocycles. The molecule has 0 spiro atoms. The lowest BCUT2D eigenvalue weighted by Gasteiger charge is -2.07. The summed E-state index contributed by atoms with van der Waals surface area (Å²) < 4.78 is 4.88. The van der Waals surface area contributed by atoms with E-state index in [4.69, 9.17) is 16.3 Å². The van der Waals surface area contributed by atoms with Crippen molar-refractivity contribution in [2.24, 2.45) is 0 Å². The van der Waals surface area contributed by atoms with Gasteiger partial charge in [-0.25, -0.2) is 0 Å². The number of carbonyl (C=O) groups excluding carboxylic acids is 1. The van der Waals surface area contributed by atoms with E-state index in [-0.39, 0.29) is 5.97 Å². The summed E-state index contributed by atoms with van der Waals surface area (Å²) in [7, 11) is 0. The summed E-state index contributed by atoms with van der Waals surface area (Å²) in [4.78, 5) is 10.7. The summed E-state index contributed by atoms with van der Waals surface area (Å²) in [5, 5.41) is 3.53. The lowest BCUT2D eigenvalue weighted by molar-refractivity contribution is -0.131. The van der Waals surface area contributed by atoms with Crippen LogP contribution in [0.5, 0.6) is 5.75 Å². The Morgan fingerprint density at radius 2 is 2.29 bits per heavy atom. The van der Waals surface area contributed by atoms with Crippen molar-refractivity contribution >= 4 is 23.3 Å². The molecule has 0 aliphatic heterocycles. The molecule has 1 rings (SSSR count). The summed E-state index contributed by atoms with van der Waals surface area (Å²) in [5.74, 6) is 0.0175. The Morgan fingerprint density at radius 3 is 2.79 bits per heavy atom. The highest BCUT2D eigenvalue weighted by atomic mass is 35.5. The molecule has 0 saturated heterocycles. The first-order chi connectivity index (χ1) is 6.63. The van der Waals surface area contributed by atoms with Gasteiger partial charge in [0.25, 0.3) is 0 Å². The standard InChI is InChI=1S/C10H12ClNO2/c1-3-12-8-4-5-10(9(11)6-8)14-7(2)13/h4-6,12H,3H2,1-2H3. The van der Waals surface area contributed by atoms with Gasteiger partial charge in [0.05, 0.1) is 5.02 Å². The molecule has 0 atom stereocenters. The van der Waals surface area contributed by atoms with Crippen molar-refractivity contribution in [2.75, 3.05) is 11.9 Å². The highest BCUT2D eigenvalue weighted by Crippen LogP contribution is 2.27. The van der Waals surface area contributed by atoms with Crippen LogP contribution in [-0.2, 0) is 4.79 Å². The fourth-order valence-corrected chi connectivity index (χ4v) is 1.27. The van der Waals surface area contributed by atoms with Crippen molar-refractivity contribution in [1.29, 1.82) is 0 Å². The first-order valence-electron chi connectivity index (χ1n) is 4.35. The number of esters is 1. The number of carbonyl (C=O) groups is 1. The number of hydrogen-bond acceptors (Lipinski definition) is 3. The van der Waals surface area contributed by atoms with Crippen LogP contribution in [0.4, 0.5) is 5.69 Å². The van der Waals surface area contributed by atoms with Crippen LogP contribution in [0.2, 0.25) is 5.02 Å². The van der Waals surface area contributed by atoms with E-state index in [1.807, 2.05) is 13.0 Å². The average molecular weight is 214 g/mol. The second kappa shape index (κ2) is 4.86. The molecular formula is C10H12ClNO2. The normalized spacial score (nSPS) is 9.64. The van der Waals surface area contributed by atoms with Crippen molar-refractivity contribution in [3.63, 3.8) is 0 Å². The summed E-state index contributed by atoms with van der Waals surface area (Å²) >= 11 is 5.89. The maximum absolute atomic E-state index is 10.7.